The highest BCUT2D eigenvalue weighted by Crippen LogP contribution is 2.32. The molecule has 0 unspecified atom stereocenters. The average Bonchev–Trinajstić information content (AvgIpc) is 2.99. The van der Waals surface area contributed by atoms with Crippen LogP contribution in [0.25, 0.3) is 0 Å². The van der Waals surface area contributed by atoms with Gasteiger partial charge in [0, 0.05) is 31.5 Å². The summed E-state index contributed by atoms with van der Waals surface area (Å²) in [5.41, 5.74) is 2.63. The van der Waals surface area contributed by atoms with Gasteiger partial charge >= 0.3 is 0 Å². The first kappa shape index (κ1) is 14.8. The maximum atomic E-state index is 4.83. The predicted molar refractivity (Wildman–Crippen MR) is 92.0 cm³/mol. The molecule has 0 saturated heterocycles. The molecule has 0 amide bonds. The van der Waals surface area contributed by atoms with Crippen LogP contribution >= 0.6 is 0 Å². The maximum Gasteiger partial charge on any atom is 0.231 e. The van der Waals surface area contributed by atoms with Gasteiger partial charge in [0.2, 0.25) is 5.95 Å². The molecule has 0 atom stereocenters. The summed E-state index contributed by atoms with van der Waals surface area (Å²) in [7, 11) is 0. The van der Waals surface area contributed by atoms with Crippen LogP contribution in [0, 0.1) is 0 Å². The molecular weight excluding hydrogens is 272 g/mol. The molecule has 0 N–H and O–H groups in total. The molecule has 22 heavy (non-hydrogen) atoms. The van der Waals surface area contributed by atoms with E-state index < -0.39 is 0 Å². The lowest BCUT2D eigenvalue weighted by atomic mass is 10.2. The molecule has 1 aromatic carbocycles. The van der Waals surface area contributed by atoms with Crippen LogP contribution in [-0.4, -0.2) is 29.6 Å². The van der Waals surface area contributed by atoms with Crippen LogP contribution < -0.4 is 9.80 Å². The summed E-state index contributed by atoms with van der Waals surface area (Å²) in [6.07, 6.45) is 5.21. The van der Waals surface area contributed by atoms with E-state index in [0.29, 0.717) is 0 Å². The highest BCUT2D eigenvalue weighted by molar-refractivity contribution is 5.66. The van der Waals surface area contributed by atoms with E-state index in [9.17, 15) is 0 Å². The molecule has 3 rings (SSSR count). The van der Waals surface area contributed by atoms with E-state index in [1.165, 1.54) is 11.3 Å². The summed E-state index contributed by atoms with van der Waals surface area (Å²) in [5.74, 6) is 1.86. The highest BCUT2D eigenvalue weighted by Gasteiger charge is 2.22. The van der Waals surface area contributed by atoms with Gasteiger partial charge in [0.1, 0.15) is 5.82 Å². The molecular formula is C18H24N4. The van der Waals surface area contributed by atoms with Crippen molar-refractivity contribution in [3.05, 3.63) is 42.1 Å². The van der Waals surface area contributed by atoms with E-state index in [2.05, 4.69) is 52.9 Å². The van der Waals surface area contributed by atoms with Crippen molar-refractivity contribution < 1.29 is 0 Å². The lowest BCUT2D eigenvalue weighted by molar-refractivity contribution is 0.731. The largest absolute Gasteiger partial charge is 0.356 e. The first-order chi connectivity index (χ1) is 10.8. The minimum atomic E-state index is 0.819. The van der Waals surface area contributed by atoms with Crippen molar-refractivity contribution >= 4 is 17.5 Å². The van der Waals surface area contributed by atoms with Crippen LogP contribution in [0.1, 0.15) is 32.3 Å². The second-order valence-electron chi connectivity index (χ2n) is 5.73. The zero-order chi connectivity index (χ0) is 15.4. The van der Waals surface area contributed by atoms with Gasteiger partial charge in [0.25, 0.3) is 0 Å². The lowest BCUT2D eigenvalue weighted by Gasteiger charge is -2.24. The Balaban J connectivity index is 1.88. The summed E-state index contributed by atoms with van der Waals surface area (Å²) in [5, 5.41) is 0. The van der Waals surface area contributed by atoms with Gasteiger partial charge < -0.3 is 9.80 Å². The van der Waals surface area contributed by atoms with E-state index in [1.807, 2.05) is 12.3 Å². The van der Waals surface area contributed by atoms with Gasteiger partial charge in [-0.05, 0) is 37.0 Å². The van der Waals surface area contributed by atoms with Crippen molar-refractivity contribution in [3.8, 4) is 0 Å². The number of nitrogens with zero attached hydrogens (tertiary/aromatic N) is 4. The third-order valence-electron chi connectivity index (χ3n) is 4.07. The van der Waals surface area contributed by atoms with Crippen molar-refractivity contribution in [2.24, 2.45) is 0 Å². The molecule has 4 nitrogen and oxygen atoms in total. The first-order valence-electron chi connectivity index (χ1n) is 8.27. The highest BCUT2D eigenvalue weighted by atomic mass is 15.3. The van der Waals surface area contributed by atoms with Crippen LogP contribution in [0.2, 0.25) is 0 Å². The van der Waals surface area contributed by atoms with Crippen LogP contribution in [-0.2, 0) is 6.42 Å². The summed E-state index contributed by atoms with van der Waals surface area (Å²) < 4.78 is 0. The van der Waals surface area contributed by atoms with Crippen molar-refractivity contribution in [1.29, 1.82) is 0 Å². The third kappa shape index (κ3) is 2.91. The Morgan fingerprint density at radius 3 is 2.64 bits per heavy atom. The zero-order valence-corrected chi connectivity index (χ0v) is 13.5. The molecule has 0 spiro atoms. The monoisotopic (exact) mass is 296 g/mol. The molecule has 0 aliphatic carbocycles. The molecule has 4 heteroatoms. The maximum absolute atomic E-state index is 4.83. The Labute approximate surface area is 132 Å². The molecule has 0 bridgehead atoms. The topological polar surface area (TPSA) is 32.3 Å². The predicted octanol–water partition coefficient (Wildman–Crippen LogP) is 3.80. The van der Waals surface area contributed by atoms with Crippen LogP contribution in [0.15, 0.2) is 36.5 Å². The summed E-state index contributed by atoms with van der Waals surface area (Å²) in [4.78, 5) is 13.9. The van der Waals surface area contributed by atoms with E-state index >= 15 is 0 Å². The van der Waals surface area contributed by atoms with E-state index in [4.69, 9.17) is 4.98 Å². The fourth-order valence-electron chi connectivity index (χ4n) is 3.07. The number of anilines is 3. The summed E-state index contributed by atoms with van der Waals surface area (Å²) >= 11 is 0. The Bertz CT molecular complexity index is 620. The van der Waals surface area contributed by atoms with Crippen molar-refractivity contribution in [3.63, 3.8) is 0 Å². The number of hydrogen-bond acceptors (Lipinski definition) is 4. The van der Waals surface area contributed by atoms with E-state index in [-0.39, 0.29) is 0 Å². The smallest absolute Gasteiger partial charge is 0.231 e. The summed E-state index contributed by atoms with van der Waals surface area (Å²) in [6.45, 7) is 7.47. The zero-order valence-electron chi connectivity index (χ0n) is 13.5. The van der Waals surface area contributed by atoms with Gasteiger partial charge in [-0.15, -0.1) is 0 Å². The normalized spacial score (nSPS) is 13.3. The molecule has 116 valence electrons. The quantitative estimate of drug-likeness (QED) is 0.811. The SMILES string of the molecule is CCCN(CCC)c1ccnc(N2CCc3ccccc32)n1. The van der Waals surface area contributed by atoms with Gasteiger partial charge in [-0.2, -0.15) is 4.98 Å². The van der Waals surface area contributed by atoms with Crippen LogP contribution in [0.4, 0.5) is 17.5 Å². The molecule has 1 aromatic heterocycles. The molecule has 0 radical (unpaired) electrons. The van der Waals surface area contributed by atoms with Crippen LogP contribution in [0.5, 0.6) is 0 Å². The van der Waals surface area contributed by atoms with E-state index in [1.54, 1.807) is 0 Å². The van der Waals surface area contributed by atoms with Gasteiger partial charge in [-0.25, -0.2) is 4.98 Å². The first-order valence-corrected chi connectivity index (χ1v) is 8.27. The number of aromatic nitrogens is 2. The van der Waals surface area contributed by atoms with Crippen LogP contribution in [0.3, 0.4) is 0 Å². The Kier molecular flexibility index (Phi) is 4.56. The van der Waals surface area contributed by atoms with Crippen molar-refractivity contribution in [2.45, 2.75) is 33.1 Å². The molecule has 0 saturated carbocycles. The molecule has 1 aliphatic rings. The molecule has 2 heterocycles. The fourth-order valence-corrected chi connectivity index (χ4v) is 3.07. The average molecular weight is 296 g/mol. The molecule has 2 aromatic rings. The number of fused-ring (bicyclic) bond motifs is 1. The van der Waals surface area contributed by atoms with Gasteiger partial charge in [0.15, 0.2) is 0 Å². The second kappa shape index (κ2) is 6.77. The van der Waals surface area contributed by atoms with Gasteiger partial charge in [-0.1, -0.05) is 32.0 Å². The summed E-state index contributed by atoms with van der Waals surface area (Å²) in [6, 6.07) is 10.6. The lowest BCUT2D eigenvalue weighted by Crippen LogP contribution is -2.27. The number of rotatable bonds is 6. The molecule has 1 aliphatic heterocycles. The minimum absolute atomic E-state index is 0.819. The van der Waals surface area contributed by atoms with Gasteiger partial charge in [0.05, 0.1) is 0 Å². The van der Waals surface area contributed by atoms with Crippen molar-refractivity contribution in [1.82, 2.24) is 9.97 Å². The Hall–Kier alpha value is -2.10. The van der Waals surface area contributed by atoms with Crippen molar-refractivity contribution in [2.75, 3.05) is 29.4 Å². The second-order valence-corrected chi connectivity index (χ2v) is 5.73. The fraction of sp³-hybridized carbons (Fsp3) is 0.444. The Morgan fingerprint density at radius 1 is 1.09 bits per heavy atom. The van der Waals surface area contributed by atoms with Gasteiger partial charge in [-0.3, -0.25) is 0 Å². The minimum Gasteiger partial charge on any atom is -0.356 e. The standard InChI is InChI=1S/C18H24N4/c1-3-12-21(13-4-2)17-9-11-19-18(20-17)22-14-10-15-7-5-6-8-16(15)22/h5-9,11H,3-4,10,12-14H2,1-2H3. The number of para-hydroxylation sites is 1. The Morgan fingerprint density at radius 2 is 1.86 bits per heavy atom. The third-order valence-corrected chi connectivity index (χ3v) is 4.07. The molecule has 0 fully saturated rings. The number of benzene rings is 1. The number of hydrogen-bond donors (Lipinski definition) is 0. The van der Waals surface area contributed by atoms with E-state index in [0.717, 1.165) is 50.7 Å².